The Kier molecular flexibility index (Phi) is 8.94. The lowest BCUT2D eigenvalue weighted by Crippen LogP contribution is -2.58. The Morgan fingerprint density at radius 3 is 1.91 bits per heavy atom. The number of amides is 2. The van der Waals surface area contributed by atoms with Gasteiger partial charge >= 0.3 is 0 Å². The SMILES string of the molecule is O=C(/C=C/c1ccc(F)cc1Br)N[C@@H]1[C@@H](O)CCC[C@H]1NC(=O)/C=C/c1ccc(F)cc1Br. The summed E-state index contributed by atoms with van der Waals surface area (Å²) in [5.41, 5.74) is 1.26. The van der Waals surface area contributed by atoms with E-state index in [0.29, 0.717) is 39.3 Å². The van der Waals surface area contributed by atoms with Crippen molar-refractivity contribution in [1.29, 1.82) is 0 Å². The molecule has 0 aliphatic heterocycles. The van der Waals surface area contributed by atoms with Gasteiger partial charge in [0.2, 0.25) is 11.8 Å². The summed E-state index contributed by atoms with van der Waals surface area (Å²) in [6.45, 7) is 0. The average molecular weight is 584 g/mol. The molecule has 33 heavy (non-hydrogen) atoms. The third kappa shape index (κ3) is 7.31. The van der Waals surface area contributed by atoms with E-state index in [1.165, 1.54) is 48.6 Å². The predicted molar refractivity (Wildman–Crippen MR) is 130 cm³/mol. The molecule has 0 heterocycles. The van der Waals surface area contributed by atoms with Gasteiger partial charge in [-0.2, -0.15) is 0 Å². The van der Waals surface area contributed by atoms with Crippen molar-refractivity contribution in [3.63, 3.8) is 0 Å². The lowest BCUT2D eigenvalue weighted by atomic mass is 9.87. The van der Waals surface area contributed by atoms with Crippen LogP contribution in [0.15, 0.2) is 57.5 Å². The lowest BCUT2D eigenvalue weighted by molar-refractivity contribution is -0.121. The Morgan fingerprint density at radius 2 is 1.39 bits per heavy atom. The fourth-order valence-corrected chi connectivity index (χ4v) is 4.55. The minimum atomic E-state index is -0.811. The number of hydrogen-bond donors (Lipinski definition) is 3. The van der Waals surface area contributed by atoms with Gasteiger partial charge in [-0.3, -0.25) is 9.59 Å². The molecule has 3 atom stereocenters. The van der Waals surface area contributed by atoms with Crippen LogP contribution in [0.1, 0.15) is 30.4 Å². The Hall–Kier alpha value is -2.36. The lowest BCUT2D eigenvalue weighted by Gasteiger charge is -2.36. The number of nitrogens with one attached hydrogen (secondary N) is 2. The molecule has 5 nitrogen and oxygen atoms in total. The minimum absolute atomic E-state index is 0.390. The highest BCUT2D eigenvalue weighted by Crippen LogP contribution is 2.22. The van der Waals surface area contributed by atoms with Crippen molar-refractivity contribution < 1.29 is 23.5 Å². The molecule has 174 valence electrons. The minimum Gasteiger partial charge on any atom is -0.391 e. The molecule has 1 fully saturated rings. The quantitative estimate of drug-likeness (QED) is 0.430. The van der Waals surface area contributed by atoms with Crippen molar-refractivity contribution in [2.75, 3.05) is 0 Å². The van der Waals surface area contributed by atoms with E-state index in [0.717, 1.165) is 0 Å². The van der Waals surface area contributed by atoms with Crippen LogP contribution in [0.5, 0.6) is 0 Å². The number of carbonyl (C=O) groups excluding carboxylic acids is 2. The molecule has 1 aliphatic carbocycles. The summed E-state index contributed by atoms with van der Waals surface area (Å²) in [7, 11) is 0. The number of aliphatic hydroxyl groups excluding tert-OH is 1. The summed E-state index contributed by atoms with van der Waals surface area (Å²) in [6, 6.07) is 7.14. The third-order valence-corrected chi connectivity index (χ3v) is 6.63. The van der Waals surface area contributed by atoms with Gasteiger partial charge in [0.15, 0.2) is 0 Å². The maximum absolute atomic E-state index is 13.2. The van der Waals surface area contributed by atoms with E-state index in [2.05, 4.69) is 42.5 Å². The maximum Gasteiger partial charge on any atom is 0.244 e. The summed E-state index contributed by atoms with van der Waals surface area (Å²) in [5.74, 6) is -1.62. The van der Waals surface area contributed by atoms with E-state index in [9.17, 15) is 23.5 Å². The van der Waals surface area contributed by atoms with E-state index in [1.807, 2.05) is 0 Å². The van der Waals surface area contributed by atoms with Crippen molar-refractivity contribution in [2.45, 2.75) is 37.5 Å². The molecule has 0 unspecified atom stereocenters. The van der Waals surface area contributed by atoms with Crippen molar-refractivity contribution in [3.05, 3.63) is 80.3 Å². The first-order chi connectivity index (χ1) is 15.7. The molecule has 1 saturated carbocycles. The predicted octanol–water partition coefficient (Wildman–Crippen LogP) is 4.73. The number of halogens is 4. The highest BCUT2D eigenvalue weighted by atomic mass is 79.9. The summed E-state index contributed by atoms with van der Waals surface area (Å²) in [4.78, 5) is 24.9. The number of aliphatic hydroxyl groups is 1. The van der Waals surface area contributed by atoms with Gasteiger partial charge in [-0.1, -0.05) is 44.0 Å². The van der Waals surface area contributed by atoms with Crippen LogP contribution in [0.2, 0.25) is 0 Å². The molecular formula is C24H22Br2F2N2O3. The van der Waals surface area contributed by atoms with Gasteiger partial charge in [-0.15, -0.1) is 0 Å². The second-order valence-electron chi connectivity index (χ2n) is 7.65. The highest BCUT2D eigenvalue weighted by Gasteiger charge is 2.33. The van der Waals surface area contributed by atoms with Crippen molar-refractivity contribution in [3.8, 4) is 0 Å². The molecule has 0 aromatic heterocycles. The molecule has 3 N–H and O–H groups in total. The fourth-order valence-electron chi connectivity index (χ4n) is 3.58. The van der Waals surface area contributed by atoms with Crippen molar-refractivity contribution in [2.24, 2.45) is 0 Å². The largest absolute Gasteiger partial charge is 0.391 e. The van der Waals surface area contributed by atoms with Crippen LogP contribution in [0, 0.1) is 11.6 Å². The second kappa shape index (κ2) is 11.7. The molecule has 0 spiro atoms. The van der Waals surface area contributed by atoms with E-state index in [-0.39, 0.29) is 5.82 Å². The zero-order chi connectivity index (χ0) is 24.0. The van der Waals surface area contributed by atoms with Crippen LogP contribution < -0.4 is 10.6 Å². The van der Waals surface area contributed by atoms with Gasteiger partial charge in [0.25, 0.3) is 0 Å². The van der Waals surface area contributed by atoms with Gasteiger partial charge < -0.3 is 15.7 Å². The molecule has 0 saturated heterocycles. The summed E-state index contributed by atoms with van der Waals surface area (Å²) >= 11 is 6.49. The Balaban J connectivity index is 1.63. The highest BCUT2D eigenvalue weighted by molar-refractivity contribution is 9.10. The van der Waals surface area contributed by atoms with Crippen molar-refractivity contribution >= 4 is 55.8 Å². The molecule has 2 amide bonds. The average Bonchev–Trinajstić information content (AvgIpc) is 2.75. The molecular weight excluding hydrogens is 562 g/mol. The molecule has 2 aromatic rings. The Morgan fingerprint density at radius 1 is 0.879 bits per heavy atom. The zero-order valence-electron chi connectivity index (χ0n) is 17.4. The van der Waals surface area contributed by atoms with Crippen LogP contribution >= 0.6 is 31.9 Å². The first kappa shape index (κ1) is 25.3. The van der Waals surface area contributed by atoms with Crippen molar-refractivity contribution in [1.82, 2.24) is 10.6 Å². The smallest absolute Gasteiger partial charge is 0.244 e. The van der Waals surface area contributed by atoms with Crippen LogP contribution in [0.4, 0.5) is 8.78 Å². The zero-order valence-corrected chi connectivity index (χ0v) is 20.6. The standard InChI is InChI=1S/C24H22Br2F2N2O3/c25-18-12-16(27)8-4-14(18)6-10-22(32)29-20-2-1-3-21(31)24(20)30-23(33)11-7-15-5-9-17(28)13-19(15)26/h4-13,20-21,24,31H,1-3H2,(H,29,32)(H,30,33)/b10-6+,11-7+/t20-,21+,24+/m1/s1. The number of rotatable bonds is 6. The number of benzene rings is 2. The van der Waals surface area contributed by atoms with Gasteiger partial charge in [-0.25, -0.2) is 8.78 Å². The van der Waals surface area contributed by atoms with Crippen LogP contribution in [0.25, 0.3) is 12.2 Å². The number of carbonyl (C=O) groups is 2. The normalized spacial score (nSPS) is 20.8. The molecule has 3 rings (SSSR count). The van der Waals surface area contributed by atoms with E-state index in [4.69, 9.17) is 0 Å². The Bertz CT molecular complexity index is 1090. The van der Waals surface area contributed by atoms with E-state index in [1.54, 1.807) is 12.1 Å². The molecule has 0 radical (unpaired) electrons. The Labute approximate surface area is 207 Å². The molecule has 2 aromatic carbocycles. The van der Waals surface area contributed by atoms with Crippen LogP contribution in [0.3, 0.4) is 0 Å². The van der Waals surface area contributed by atoms with Gasteiger partial charge in [0.05, 0.1) is 18.2 Å². The summed E-state index contributed by atoms with van der Waals surface area (Å²) in [6.07, 6.45) is 6.69. The molecule has 0 bridgehead atoms. The summed E-state index contributed by atoms with van der Waals surface area (Å²) < 4.78 is 27.5. The first-order valence-corrected chi connectivity index (χ1v) is 11.9. The summed E-state index contributed by atoms with van der Waals surface area (Å²) in [5, 5.41) is 16.0. The van der Waals surface area contributed by atoms with Crippen LogP contribution in [-0.4, -0.2) is 35.1 Å². The van der Waals surface area contributed by atoms with Crippen LogP contribution in [-0.2, 0) is 9.59 Å². The molecule has 1 aliphatic rings. The van der Waals surface area contributed by atoms with E-state index >= 15 is 0 Å². The second-order valence-corrected chi connectivity index (χ2v) is 9.35. The number of hydrogen-bond acceptors (Lipinski definition) is 3. The first-order valence-electron chi connectivity index (χ1n) is 10.3. The monoisotopic (exact) mass is 582 g/mol. The third-order valence-electron chi connectivity index (χ3n) is 5.25. The maximum atomic E-state index is 13.2. The fraction of sp³-hybridized carbons (Fsp3) is 0.250. The van der Waals surface area contributed by atoms with E-state index < -0.39 is 35.8 Å². The van der Waals surface area contributed by atoms with Gasteiger partial charge in [0, 0.05) is 21.1 Å². The topological polar surface area (TPSA) is 78.4 Å². The van der Waals surface area contributed by atoms with Gasteiger partial charge in [0.1, 0.15) is 11.6 Å². The molecule has 9 heteroatoms. The van der Waals surface area contributed by atoms with Gasteiger partial charge in [-0.05, 0) is 66.8 Å².